The van der Waals surface area contributed by atoms with Crippen LogP contribution >= 0.6 is 0 Å². The van der Waals surface area contributed by atoms with Crippen LogP contribution in [0.2, 0.25) is 0 Å². The molecule has 12 nitrogen and oxygen atoms in total. The molecule has 72 heavy (non-hydrogen) atoms. The molecule has 1 heterocycles. The first kappa shape index (κ1) is 65.7. The van der Waals surface area contributed by atoms with Crippen molar-refractivity contribution in [2.75, 3.05) is 26.4 Å². The number of aliphatic hydroxyl groups is 3. The lowest BCUT2D eigenvalue weighted by Crippen LogP contribution is -2.60. The molecular formula is C59H90O12S. The molecule has 0 aliphatic carbocycles. The minimum absolute atomic E-state index is 0.0232. The van der Waals surface area contributed by atoms with Crippen LogP contribution in [0.4, 0.5) is 0 Å². The molecular weight excluding hydrogens is 933 g/mol. The van der Waals surface area contributed by atoms with Crippen molar-refractivity contribution in [3.63, 3.8) is 0 Å². The summed E-state index contributed by atoms with van der Waals surface area (Å²) < 4.78 is 59.2. The molecule has 6 atom stereocenters. The van der Waals surface area contributed by atoms with Crippen molar-refractivity contribution in [3.8, 4) is 0 Å². The fourth-order valence-corrected chi connectivity index (χ4v) is 7.29. The number of carbonyl (C=O) groups excluding carboxylic acids is 1. The molecule has 0 aromatic heterocycles. The van der Waals surface area contributed by atoms with Gasteiger partial charge in [0.2, 0.25) is 0 Å². The summed E-state index contributed by atoms with van der Waals surface area (Å²) in [6.45, 7) is 3.57. The van der Waals surface area contributed by atoms with Crippen molar-refractivity contribution in [2.45, 2.75) is 179 Å². The van der Waals surface area contributed by atoms with Crippen LogP contribution < -0.4 is 0 Å². The van der Waals surface area contributed by atoms with Crippen molar-refractivity contribution in [3.05, 3.63) is 158 Å². The lowest BCUT2D eigenvalue weighted by molar-refractivity contribution is -0.301. The first-order valence-electron chi connectivity index (χ1n) is 26.2. The van der Waals surface area contributed by atoms with Crippen molar-refractivity contribution in [2.24, 2.45) is 0 Å². The number of allylic oxidation sites excluding steroid dienone is 26. The van der Waals surface area contributed by atoms with Gasteiger partial charge in [0, 0.05) is 13.0 Å². The SMILES string of the molecule is CC/C=C\C/C=C\C/C=C\C/C=C\C/C=C\C/C=C\C/C=C\CCCC(=O)OC(COCCCCC/C=C\C/C=C\C/C=C\C/C=C\C/C=C\C/C=C\CC)COC1OC(CO)C(O)C(OS(=O)(=O)O)C1O. The largest absolute Gasteiger partial charge is 0.457 e. The van der Waals surface area contributed by atoms with E-state index in [4.69, 9.17) is 18.9 Å². The van der Waals surface area contributed by atoms with Gasteiger partial charge in [0.15, 0.2) is 6.29 Å². The average molecular weight is 1020 g/mol. The summed E-state index contributed by atoms with van der Waals surface area (Å²) in [5.41, 5.74) is 0. The van der Waals surface area contributed by atoms with Crippen LogP contribution in [-0.4, -0.2) is 97.5 Å². The van der Waals surface area contributed by atoms with Gasteiger partial charge in [-0.1, -0.05) is 178 Å². The van der Waals surface area contributed by atoms with E-state index >= 15 is 0 Å². The van der Waals surface area contributed by atoms with Crippen LogP contribution in [0.1, 0.15) is 142 Å². The normalized spacial score (nSPS) is 20.2. The standard InChI is InChI=1S/C59H90O12S/c1-3-5-7-9-11-13-15-17-19-21-23-25-27-28-30-32-34-36-38-40-42-44-46-48-55(61)69-53(52-68-59-57(63)58(71-72(64,65)66)56(62)54(50-60)70-59)51-67-49-47-45-43-41-39-37-35-33-31-29-26-24-22-20-18-16-14-12-10-8-6-4-2/h5-8,11-14,17-20,23-26,28,30-31,33-34,36-37,39-40,42,53-54,56-60,62-63H,3-4,9-10,15-16,21-22,27,29,32,35,38,41,43-52H2,1-2H3,(H,64,65,66)/b7-5-,8-6-,13-11-,14-12-,19-17-,20-18-,25-23-,26-24-,30-28-,33-31-,36-34-,39-37-,42-40-. The van der Waals surface area contributed by atoms with Crippen LogP contribution in [0.25, 0.3) is 0 Å². The molecule has 0 bridgehead atoms. The predicted octanol–water partition coefficient (Wildman–Crippen LogP) is 12.6. The number of carbonyl (C=O) groups is 1. The molecule has 0 radical (unpaired) electrons. The van der Waals surface area contributed by atoms with E-state index in [2.05, 4.69) is 170 Å². The highest BCUT2D eigenvalue weighted by atomic mass is 32.3. The van der Waals surface area contributed by atoms with Gasteiger partial charge in [-0.25, -0.2) is 4.18 Å². The summed E-state index contributed by atoms with van der Waals surface area (Å²) in [6, 6.07) is 0. The summed E-state index contributed by atoms with van der Waals surface area (Å²) in [7, 11) is -5.09. The van der Waals surface area contributed by atoms with Gasteiger partial charge in [0.05, 0.1) is 19.8 Å². The Labute approximate surface area is 434 Å². The zero-order valence-electron chi connectivity index (χ0n) is 43.4. The molecule has 1 rings (SSSR count). The van der Waals surface area contributed by atoms with Gasteiger partial charge in [-0.15, -0.1) is 0 Å². The summed E-state index contributed by atoms with van der Waals surface area (Å²) in [4.78, 5) is 12.9. The molecule has 1 aliphatic rings. The predicted molar refractivity (Wildman–Crippen MR) is 293 cm³/mol. The van der Waals surface area contributed by atoms with Crippen LogP contribution in [0.5, 0.6) is 0 Å². The number of aliphatic hydroxyl groups excluding tert-OH is 3. The number of hydrogen-bond donors (Lipinski definition) is 4. The topological polar surface area (TPSA) is 178 Å². The Balaban J connectivity index is 2.46. The molecule has 0 saturated carbocycles. The van der Waals surface area contributed by atoms with E-state index in [9.17, 15) is 33.1 Å². The van der Waals surface area contributed by atoms with E-state index in [0.717, 1.165) is 109 Å². The van der Waals surface area contributed by atoms with Crippen LogP contribution in [0.3, 0.4) is 0 Å². The Hall–Kier alpha value is -4.28. The first-order chi connectivity index (χ1) is 35.1. The van der Waals surface area contributed by atoms with E-state index < -0.39 is 59.8 Å². The Bertz CT molecular complexity index is 1850. The van der Waals surface area contributed by atoms with Crippen molar-refractivity contribution in [1.29, 1.82) is 0 Å². The molecule has 0 aromatic carbocycles. The second-order valence-electron chi connectivity index (χ2n) is 17.0. The van der Waals surface area contributed by atoms with Crippen molar-refractivity contribution in [1.82, 2.24) is 0 Å². The summed E-state index contributed by atoms with van der Waals surface area (Å²) in [5.74, 6) is -0.477. The van der Waals surface area contributed by atoms with Crippen LogP contribution in [0, 0.1) is 0 Å². The van der Waals surface area contributed by atoms with E-state index in [0.29, 0.717) is 19.4 Å². The maximum absolute atomic E-state index is 12.9. The molecule has 1 fully saturated rings. The number of esters is 1. The maximum atomic E-state index is 12.9. The third-order valence-electron chi connectivity index (χ3n) is 10.6. The van der Waals surface area contributed by atoms with Gasteiger partial charge < -0.3 is 34.3 Å². The summed E-state index contributed by atoms with van der Waals surface area (Å²) in [6.07, 6.45) is 64.2. The molecule has 1 aliphatic heterocycles. The lowest BCUT2D eigenvalue weighted by Gasteiger charge is -2.41. The molecule has 404 valence electrons. The average Bonchev–Trinajstić information content (AvgIpc) is 3.36. The summed E-state index contributed by atoms with van der Waals surface area (Å²) >= 11 is 0. The molecule has 0 aromatic rings. The first-order valence-corrected chi connectivity index (χ1v) is 27.6. The van der Waals surface area contributed by atoms with Gasteiger partial charge in [-0.3, -0.25) is 9.35 Å². The lowest BCUT2D eigenvalue weighted by atomic mass is 9.99. The van der Waals surface area contributed by atoms with Crippen LogP contribution in [0.15, 0.2) is 158 Å². The van der Waals surface area contributed by atoms with Gasteiger partial charge in [0.25, 0.3) is 0 Å². The van der Waals surface area contributed by atoms with Crippen LogP contribution in [-0.2, 0) is 38.3 Å². The Kier molecular flexibility index (Phi) is 43.6. The molecule has 0 amide bonds. The van der Waals surface area contributed by atoms with E-state index in [1.54, 1.807) is 0 Å². The Morgan fingerprint density at radius 2 is 0.917 bits per heavy atom. The third-order valence-corrected chi connectivity index (χ3v) is 11.1. The van der Waals surface area contributed by atoms with Gasteiger partial charge >= 0.3 is 16.4 Å². The smallest absolute Gasteiger partial charge is 0.397 e. The minimum atomic E-state index is -5.09. The van der Waals surface area contributed by atoms with Gasteiger partial charge in [0.1, 0.15) is 30.5 Å². The Morgan fingerprint density at radius 1 is 0.528 bits per heavy atom. The van der Waals surface area contributed by atoms with Gasteiger partial charge in [-0.05, 0) is 116 Å². The number of ether oxygens (including phenoxy) is 4. The van der Waals surface area contributed by atoms with E-state index in [1.165, 1.54) is 0 Å². The monoisotopic (exact) mass is 1020 g/mol. The summed E-state index contributed by atoms with van der Waals surface area (Å²) in [5, 5.41) is 30.8. The fourth-order valence-electron chi connectivity index (χ4n) is 6.78. The fraction of sp³-hybridized carbons (Fsp3) is 0.542. The quantitative estimate of drug-likeness (QED) is 0.0197. The van der Waals surface area contributed by atoms with Crippen molar-refractivity contribution >= 4 is 16.4 Å². The highest BCUT2D eigenvalue weighted by molar-refractivity contribution is 7.80. The minimum Gasteiger partial charge on any atom is -0.457 e. The molecule has 13 heteroatoms. The molecule has 0 spiro atoms. The highest BCUT2D eigenvalue weighted by Gasteiger charge is 2.48. The second kappa shape index (κ2) is 47.7. The molecule has 4 N–H and O–H groups in total. The zero-order valence-corrected chi connectivity index (χ0v) is 44.2. The second-order valence-corrected chi connectivity index (χ2v) is 18.0. The molecule has 6 unspecified atom stereocenters. The van der Waals surface area contributed by atoms with E-state index in [-0.39, 0.29) is 19.6 Å². The number of hydrogen-bond acceptors (Lipinski definition) is 11. The van der Waals surface area contributed by atoms with E-state index in [1.807, 2.05) is 6.08 Å². The van der Waals surface area contributed by atoms with Crippen molar-refractivity contribution < 1.29 is 56.2 Å². The molecule has 1 saturated heterocycles. The maximum Gasteiger partial charge on any atom is 0.397 e. The third kappa shape index (κ3) is 40.2. The highest BCUT2D eigenvalue weighted by Crippen LogP contribution is 2.26. The van der Waals surface area contributed by atoms with Gasteiger partial charge in [-0.2, -0.15) is 8.42 Å². The number of unbranched alkanes of at least 4 members (excludes halogenated alkanes) is 4. The Morgan fingerprint density at radius 3 is 1.31 bits per heavy atom. The number of rotatable bonds is 43. The zero-order chi connectivity index (χ0) is 52.4.